The van der Waals surface area contributed by atoms with Gasteiger partial charge in [0.2, 0.25) is 11.8 Å². The van der Waals surface area contributed by atoms with E-state index in [-0.39, 0.29) is 11.8 Å². The lowest BCUT2D eigenvalue weighted by molar-refractivity contribution is -0.133. The molecule has 0 aliphatic carbocycles. The third-order valence-electron chi connectivity index (χ3n) is 4.65. The van der Waals surface area contributed by atoms with Gasteiger partial charge in [0.25, 0.3) is 0 Å². The van der Waals surface area contributed by atoms with E-state index in [2.05, 4.69) is 15.5 Å². The van der Waals surface area contributed by atoms with Crippen LogP contribution in [0.3, 0.4) is 0 Å². The molecule has 0 spiro atoms. The van der Waals surface area contributed by atoms with Crippen molar-refractivity contribution in [1.82, 2.24) is 20.4 Å². The summed E-state index contributed by atoms with van der Waals surface area (Å²) in [6.45, 7) is 6.63. The van der Waals surface area contributed by atoms with Crippen LogP contribution in [0.1, 0.15) is 19.3 Å². The molecule has 1 atom stereocenters. The van der Waals surface area contributed by atoms with E-state index in [4.69, 9.17) is 4.74 Å². The number of nitrogens with one attached hydrogen (secondary N) is 2. The zero-order valence-electron chi connectivity index (χ0n) is 14.2. The monoisotopic (exact) mass is 326 g/mol. The van der Waals surface area contributed by atoms with Gasteiger partial charge in [-0.3, -0.25) is 14.5 Å². The third-order valence-corrected chi connectivity index (χ3v) is 4.65. The van der Waals surface area contributed by atoms with Gasteiger partial charge >= 0.3 is 0 Å². The van der Waals surface area contributed by atoms with Crippen molar-refractivity contribution in [3.05, 3.63) is 0 Å². The molecule has 23 heavy (non-hydrogen) atoms. The quantitative estimate of drug-likeness (QED) is 0.576. The van der Waals surface area contributed by atoms with Gasteiger partial charge in [-0.05, 0) is 31.8 Å². The average Bonchev–Trinajstić information content (AvgIpc) is 3.07. The standard InChI is InChI=1S/C16H30N4O3/c1-23-11-6-18-15(21)13-19-7-9-20(10-8-19)16(22)3-2-14-4-5-17-12-14/h14,17H,2-13H2,1H3,(H,18,21). The van der Waals surface area contributed by atoms with Crippen LogP contribution in [0.25, 0.3) is 0 Å². The van der Waals surface area contributed by atoms with Crippen LogP contribution in [0.2, 0.25) is 0 Å². The number of hydrogen-bond acceptors (Lipinski definition) is 5. The number of carbonyl (C=O) groups is 2. The Hall–Kier alpha value is -1.18. The second kappa shape index (κ2) is 9.85. The van der Waals surface area contributed by atoms with Gasteiger partial charge in [-0.25, -0.2) is 0 Å². The molecule has 0 saturated carbocycles. The minimum Gasteiger partial charge on any atom is -0.383 e. The molecule has 2 aliphatic rings. The number of nitrogens with zero attached hydrogens (tertiary/aromatic N) is 2. The summed E-state index contributed by atoms with van der Waals surface area (Å²) in [7, 11) is 1.62. The fourth-order valence-electron chi connectivity index (χ4n) is 3.15. The Morgan fingerprint density at radius 2 is 2.04 bits per heavy atom. The van der Waals surface area contributed by atoms with Crippen molar-refractivity contribution in [2.45, 2.75) is 19.3 Å². The van der Waals surface area contributed by atoms with Crippen LogP contribution in [0.4, 0.5) is 0 Å². The van der Waals surface area contributed by atoms with E-state index < -0.39 is 0 Å². The largest absolute Gasteiger partial charge is 0.383 e. The summed E-state index contributed by atoms with van der Waals surface area (Å²) in [5.41, 5.74) is 0. The third kappa shape index (κ3) is 6.45. The summed E-state index contributed by atoms with van der Waals surface area (Å²) in [6.07, 6.45) is 2.84. The molecule has 2 heterocycles. The Bertz CT molecular complexity index is 378. The van der Waals surface area contributed by atoms with Crippen LogP contribution in [0.5, 0.6) is 0 Å². The number of rotatable bonds is 8. The van der Waals surface area contributed by atoms with Crippen molar-refractivity contribution >= 4 is 11.8 Å². The summed E-state index contributed by atoms with van der Waals surface area (Å²) in [6, 6.07) is 0. The summed E-state index contributed by atoms with van der Waals surface area (Å²) in [5.74, 6) is 0.952. The van der Waals surface area contributed by atoms with E-state index in [0.29, 0.717) is 32.0 Å². The van der Waals surface area contributed by atoms with Crippen molar-refractivity contribution in [2.75, 3.05) is 66.1 Å². The molecule has 132 valence electrons. The summed E-state index contributed by atoms with van der Waals surface area (Å²) >= 11 is 0. The summed E-state index contributed by atoms with van der Waals surface area (Å²) in [4.78, 5) is 28.1. The number of ether oxygens (including phenoxy) is 1. The van der Waals surface area contributed by atoms with Gasteiger partial charge in [0.1, 0.15) is 0 Å². The van der Waals surface area contributed by atoms with Crippen LogP contribution in [0, 0.1) is 5.92 Å². The molecule has 0 aromatic rings. The van der Waals surface area contributed by atoms with Crippen LogP contribution in [-0.2, 0) is 14.3 Å². The maximum absolute atomic E-state index is 12.3. The van der Waals surface area contributed by atoms with Gasteiger partial charge in [-0.1, -0.05) is 0 Å². The minimum atomic E-state index is 0.0237. The topological polar surface area (TPSA) is 73.9 Å². The zero-order valence-corrected chi connectivity index (χ0v) is 14.2. The number of piperazine rings is 1. The molecule has 2 N–H and O–H groups in total. The molecule has 0 aromatic heterocycles. The first-order chi connectivity index (χ1) is 11.2. The van der Waals surface area contributed by atoms with E-state index in [0.717, 1.165) is 45.7 Å². The highest BCUT2D eigenvalue weighted by Crippen LogP contribution is 2.15. The van der Waals surface area contributed by atoms with E-state index in [1.807, 2.05) is 4.90 Å². The Kier molecular flexibility index (Phi) is 7.78. The normalized spacial score (nSPS) is 22.3. The lowest BCUT2D eigenvalue weighted by atomic mass is 10.0. The van der Waals surface area contributed by atoms with Crippen molar-refractivity contribution in [2.24, 2.45) is 5.92 Å². The Labute approximate surface area is 138 Å². The predicted octanol–water partition coefficient (Wildman–Crippen LogP) is -0.717. The van der Waals surface area contributed by atoms with Gasteiger partial charge in [-0.2, -0.15) is 0 Å². The highest BCUT2D eigenvalue weighted by molar-refractivity contribution is 5.78. The maximum atomic E-state index is 12.3. The number of carbonyl (C=O) groups excluding carboxylic acids is 2. The van der Waals surface area contributed by atoms with Crippen LogP contribution < -0.4 is 10.6 Å². The SMILES string of the molecule is COCCNC(=O)CN1CCN(C(=O)CCC2CCNC2)CC1. The van der Waals surface area contributed by atoms with E-state index in [1.165, 1.54) is 6.42 Å². The number of methoxy groups -OCH3 is 1. The summed E-state index contributed by atoms with van der Waals surface area (Å²) in [5, 5.41) is 6.16. The molecule has 2 fully saturated rings. The van der Waals surface area contributed by atoms with Crippen LogP contribution in [0.15, 0.2) is 0 Å². The maximum Gasteiger partial charge on any atom is 0.234 e. The number of amides is 2. The Morgan fingerprint density at radius 3 is 2.70 bits per heavy atom. The van der Waals surface area contributed by atoms with E-state index >= 15 is 0 Å². The first-order valence-corrected chi connectivity index (χ1v) is 8.65. The molecule has 1 unspecified atom stereocenters. The molecular weight excluding hydrogens is 296 g/mol. The first-order valence-electron chi connectivity index (χ1n) is 8.65. The van der Waals surface area contributed by atoms with E-state index in [1.54, 1.807) is 7.11 Å². The van der Waals surface area contributed by atoms with Crippen LogP contribution in [-0.4, -0.2) is 87.7 Å². The summed E-state index contributed by atoms with van der Waals surface area (Å²) < 4.78 is 4.91. The van der Waals surface area contributed by atoms with Gasteiger partial charge < -0.3 is 20.3 Å². The second-order valence-electron chi connectivity index (χ2n) is 6.40. The van der Waals surface area contributed by atoms with Gasteiger partial charge in [0.05, 0.1) is 13.2 Å². The molecule has 0 bridgehead atoms. The molecule has 2 rings (SSSR count). The van der Waals surface area contributed by atoms with E-state index in [9.17, 15) is 9.59 Å². The molecular formula is C16H30N4O3. The molecule has 2 aliphatic heterocycles. The van der Waals surface area contributed by atoms with Crippen molar-refractivity contribution < 1.29 is 14.3 Å². The highest BCUT2D eigenvalue weighted by atomic mass is 16.5. The average molecular weight is 326 g/mol. The molecule has 2 amide bonds. The van der Waals surface area contributed by atoms with Crippen molar-refractivity contribution in [1.29, 1.82) is 0 Å². The predicted molar refractivity (Wildman–Crippen MR) is 88.1 cm³/mol. The lowest BCUT2D eigenvalue weighted by Gasteiger charge is -2.34. The zero-order chi connectivity index (χ0) is 16.5. The van der Waals surface area contributed by atoms with Crippen molar-refractivity contribution in [3.63, 3.8) is 0 Å². The van der Waals surface area contributed by atoms with Gasteiger partial charge in [-0.15, -0.1) is 0 Å². The second-order valence-corrected chi connectivity index (χ2v) is 6.40. The smallest absolute Gasteiger partial charge is 0.234 e. The molecule has 7 nitrogen and oxygen atoms in total. The lowest BCUT2D eigenvalue weighted by Crippen LogP contribution is -2.51. The Morgan fingerprint density at radius 1 is 1.26 bits per heavy atom. The molecule has 0 aromatic carbocycles. The highest BCUT2D eigenvalue weighted by Gasteiger charge is 2.23. The van der Waals surface area contributed by atoms with Gasteiger partial charge in [0.15, 0.2) is 0 Å². The fraction of sp³-hybridized carbons (Fsp3) is 0.875. The molecule has 0 radical (unpaired) electrons. The van der Waals surface area contributed by atoms with Crippen LogP contribution >= 0.6 is 0 Å². The number of hydrogen-bond donors (Lipinski definition) is 2. The first kappa shape index (κ1) is 18.2. The molecule has 2 saturated heterocycles. The molecule has 7 heteroatoms. The fourth-order valence-corrected chi connectivity index (χ4v) is 3.15. The van der Waals surface area contributed by atoms with Gasteiger partial charge in [0, 0.05) is 46.3 Å². The minimum absolute atomic E-state index is 0.0237. The Balaban J connectivity index is 1.59. The van der Waals surface area contributed by atoms with Crippen molar-refractivity contribution in [3.8, 4) is 0 Å².